The zero-order chi connectivity index (χ0) is 13.2. The van der Waals surface area contributed by atoms with Gasteiger partial charge in [-0.2, -0.15) is 0 Å². The van der Waals surface area contributed by atoms with Crippen molar-refractivity contribution in [1.82, 2.24) is 9.88 Å². The normalized spacial score (nSPS) is 21.0. The van der Waals surface area contributed by atoms with Crippen molar-refractivity contribution >= 4 is 16.8 Å². The standard InChI is InChI=1S/C14H19N3O2/c15-10-4-5-12-13(7-10)19-14(16-12)8-17-6-2-1-3-11(17)9-18/h4-5,7,11,18H,1-3,6,8-9,15H2. The Morgan fingerprint density at radius 3 is 3.16 bits per heavy atom. The Hall–Kier alpha value is -1.59. The summed E-state index contributed by atoms with van der Waals surface area (Å²) < 4.78 is 5.73. The van der Waals surface area contributed by atoms with Crippen LogP contribution in [-0.4, -0.2) is 34.2 Å². The Labute approximate surface area is 112 Å². The summed E-state index contributed by atoms with van der Waals surface area (Å²) in [6.45, 7) is 1.85. The number of oxazole rings is 1. The topological polar surface area (TPSA) is 75.5 Å². The highest BCUT2D eigenvalue weighted by atomic mass is 16.3. The molecule has 2 heterocycles. The number of fused-ring (bicyclic) bond motifs is 1. The molecule has 3 N–H and O–H groups in total. The molecule has 0 radical (unpaired) electrons. The molecule has 1 fully saturated rings. The maximum atomic E-state index is 9.41. The van der Waals surface area contributed by atoms with Crippen LogP contribution in [0.5, 0.6) is 0 Å². The minimum atomic E-state index is 0.202. The van der Waals surface area contributed by atoms with Crippen LogP contribution in [-0.2, 0) is 6.54 Å². The van der Waals surface area contributed by atoms with E-state index in [0.29, 0.717) is 18.1 Å². The Bertz CT molecular complexity index is 567. The molecule has 0 aliphatic carbocycles. The van der Waals surface area contributed by atoms with E-state index in [-0.39, 0.29) is 12.6 Å². The predicted octanol–water partition coefficient (Wildman–Crippen LogP) is 1.76. The number of nitrogens with two attached hydrogens (primary N) is 1. The largest absolute Gasteiger partial charge is 0.439 e. The third kappa shape index (κ3) is 2.57. The molecule has 1 aliphatic heterocycles. The second-order valence-electron chi connectivity index (χ2n) is 5.14. The monoisotopic (exact) mass is 261 g/mol. The van der Waals surface area contributed by atoms with E-state index in [2.05, 4.69) is 9.88 Å². The van der Waals surface area contributed by atoms with E-state index in [1.807, 2.05) is 12.1 Å². The third-order valence-electron chi connectivity index (χ3n) is 3.75. The van der Waals surface area contributed by atoms with Gasteiger partial charge in [0.15, 0.2) is 5.58 Å². The number of aliphatic hydroxyl groups excluding tert-OH is 1. The first-order chi connectivity index (χ1) is 9.26. The number of likely N-dealkylation sites (tertiary alicyclic amines) is 1. The molecule has 0 amide bonds. The summed E-state index contributed by atoms with van der Waals surface area (Å²) in [6.07, 6.45) is 3.40. The van der Waals surface area contributed by atoms with Gasteiger partial charge in [0.25, 0.3) is 0 Å². The summed E-state index contributed by atoms with van der Waals surface area (Å²) in [6, 6.07) is 5.73. The molecule has 0 spiro atoms. The number of piperidine rings is 1. The number of aliphatic hydroxyl groups is 1. The lowest BCUT2D eigenvalue weighted by Crippen LogP contribution is -2.41. The lowest BCUT2D eigenvalue weighted by molar-refractivity contribution is 0.0773. The van der Waals surface area contributed by atoms with E-state index < -0.39 is 0 Å². The molecule has 19 heavy (non-hydrogen) atoms. The number of hydrogen-bond donors (Lipinski definition) is 2. The van der Waals surface area contributed by atoms with Gasteiger partial charge in [0.1, 0.15) is 5.52 Å². The molecule has 1 unspecified atom stereocenters. The highest BCUT2D eigenvalue weighted by molar-refractivity contribution is 5.76. The molecule has 1 aromatic carbocycles. The van der Waals surface area contributed by atoms with Gasteiger partial charge in [-0.1, -0.05) is 6.42 Å². The Morgan fingerprint density at radius 1 is 1.42 bits per heavy atom. The van der Waals surface area contributed by atoms with E-state index in [1.165, 1.54) is 12.8 Å². The highest BCUT2D eigenvalue weighted by Gasteiger charge is 2.23. The number of nitrogen functional groups attached to an aromatic ring is 1. The average Bonchev–Trinajstić information content (AvgIpc) is 2.80. The zero-order valence-electron chi connectivity index (χ0n) is 10.9. The third-order valence-corrected chi connectivity index (χ3v) is 3.75. The molecule has 3 rings (SSSR count). The van der Waals surface area contributed by atoms with Crippen LogP contribution in [0.3, 0.4) is 0 Å². The zero-order valence-corrected chi connectivity index (χ0v) is 10.9. The van der Waals surface area contributed by atoms with Crippen molar-refractivity contribution in [2.24, 2.45) is 0 Å². The second kappa shape index (κ2) is 5.19. The summed E-state index contributed by atoms with van der Waals surface area (Å²) in [5.41, 5.74) is 7.98. The number of anilines is 1. The van der Waals surface area contributed by atoms with Gasteiger partial charge in [-0.05, 0) is 31.5 Å². The molecule has 5 nitrogen and oxygen atoms in total. The molecule has 1 atom stereocenters. The SMILES string of the molecule is Nc1ccc2nc(CN3CCCCC3CO)oc2c1. The number of hydrogen-bond acceptors (Lipinski definition) is 5. The first-order valence-corrected chi connectivity index (χ1v) is 6.76. The summed E-state index contributed by atoms with van der Waals surface area (Å²) >= 11 is 0. The lowest BCUT2D eigenvalue weighted by Gasteiger charge is -2.33. The number of rotatable bonds is 3. The Kier molecular flexibility index (Phi) is 3.40. The fourth-order valence-electron chi connectivity index (χ4n) is 2.71. The van der Waals surface area contributed by atoms with Crippen molar-refractivity contribution in [2.75, 3.05) is 18.9 Å². The van der Waals surface area contributed by atoms with Crippen LogP contribution >= 0.6 is 0 Å². The minimum absolute atomic E-state index is 0.202. The van der Waals surface area contributed by atoms with Gasteiger partial charge in [0.05, 0.1) is 13.2 Å². The smallest absolute Gasteiger partial charge is 0.209 e. The van der Waals surface area contributed by atoms with Crippen LogP contribution in [0.25, 0.3) is 11.1 Å². The molecule has 5 heteroatoms. The molecular weight excluding hydrogens is 242 g/mol. The highest BCUT2D eigenvalue weighted by Crippen LogP contribution is 2.22. The summed E-state index contributed by atoms with van der Waals surface area (Å²) in [4.78, 5) is 6.72. The Balaban J connectivity index is 1.80. The van der Waals surface area contributed by atoms with E-state index in [4.69, 9.17) is 10.2 Å². The van der Waals surface area contributed by atoms with E-state index in [9.17, 15) is 5.11 Å². The quantitative estimate of drug-likeness (QED) is 0.823. The lowest BCUT2D eigenvalue weighted by atomic mass is 10.0. The molecule has 1 aliphatic rings. The predicted molar refractivity (Wildman–Crippen MR) is 73.6 cm³/mol. The minimum Gasteiger partial charge on any atom is -0.439 e. The van der Waals surface area contributed by atoms with Gasteiger partial charge >= 0.3 is 0 Å². The fraction of sp³-hybridized carbons (Fsp3) is 0.500. The van der Waals surface area contributed by atoms with Crippen molar-refractivity contribution in [3.63, 3.8) is 0 Å². The average molecular weight is 261 g/mol. The fourth-order valence-corrected chi connectivity index (χ4v) is 2.71. The number of aromatic nitrogens is 1. The van der Waals surface area contributed by atoms with Crippen molar-refractivity contribution in [1.29, 1.82) is 0 Å². The van der Waals surface area contributed by atoms with Crippen LogP contribution in [0.15, 0.2) is 22.6 Å². The van der Waals surface area contributed by atoms with Gasteiger partial charge in [0.2, 0.25) is 5.89 Å². The van der Waals surface area contributed by atoms with Crippen LogP contribution in [0.4, 0.5) is 5.69 Å². The van der Waals surface area contributed by atoms with E-state index >= 15 is 0 Å². The van der Waals surface area contributed by atoms with Gasteiger partial charge in [0, 0.05) is 17.8 Å². The van der Waals surface area contributed by atoms with Crippen molar-refractivity contribution in [3.8, 4) is 0 Å². The Morgan fingerprint density at radius 2 is 2.32 bits per heavy atom. The summed E-state index contributed by atoms with van der Waals surface area (Å²) in [5.74, 6) is 0.695. The van der Waals surface area contributed by atoms with E-state index in [1.54, 1.807) is 6.07 Å². The van der Waals surface area contributed by atoms with Crippen molar-refractivity contribution < 1.29 is 9.52 Å². The first kappa shape index (κ1) is 12.4. The molecule has 102 valence electrons. The maximum absolute atomic E-state index is 9.41. The van der Waals surface area contributed by atoms with Crippen LogP contribution in [0.2, 0.25) is 0 Å². The molecular formula is C14H19N3O2. The summed E-state index contributed by atoms with van der Waals surface area (Å²) in [7, 11) is 0. The number of benzene rings is 1. The number of nitrogens with zero attached hydrogens (tertiary/aromatic N) is 2. The molecule has 0 bridgehead atoms. The molecule has 1 saturated heterocycles. The van der Waals surface area contributed by atoms with Gasteiger partial charge in [-0.3, -0.25) is 4.90 Å². The van der Waals surface area contributed by atoms with Crippen molar-refractivity contribution in [3.05, 3.63) is 24.1 Å². The maximum Gasteiger partial charge on any atom is 0.209 e. The van der Waals surface area contributed by atoms with Gasteiger partial charge in [-0.15, -0.1) is 0 Å². The molecule has 0 saturated carbocycles. The molecule has 1 aromatic heterocycles. The van der Waals surface area contributed by atoms with Crippen molar-refractivity contribution in [2.45, 2.75) is 31.8 Å². The van der Waals surface area contributed by atoms with Crippen LogP contribution < -0.4 is 5.73 Å². The van der Waals surface area contributed by atoms with E-state index in [0.717, 1.165) is 24.1 Å². The summed E-state index contributed by atoms with van der Waals surface area (Å²) in [5, 5.41) is 9.41. The molecule has 2 aromatic rings. The first-order valence-electron chi connectivity index (χ1n) is 6.76. The van der Waals surface area contributed by atoms with Gasteiger partial charge in [-0.25, -0.2) is 4.98 Å². The second-order valence-corrected chi connectivity index (χ2v) is 5.14. The van der Waals surface area contributed by atoms with Crippen LogP contribution in [0, 0.1) is 0 Å². The van der Waals surface area contributed by atoms with Gasteiger partial charge < -0.3 is 15.3 Å². The van der Waals surface area contributed by atoms with Crippen LogP contribution in [0.1, 0.15) is 25.2 Å².